The first-order valence-corrected chi connectivity index (χ1v) is 10.1. The molecule has 0 radical (unpaired) electrons. The lowest BCUT2D eigenvalue weighted by atomic mass is 9.89. The number of aromatic nitrogens is 2. The number of carbonyl (C=O) groups is 1. The minimum Gasteiger partial charge on any atom is -0.373 e. The zero-order valence-electron chi connectivity index (χ0n) is 16.9. The first-order valence-electron chi connectivity index (χ1n) is 10.1. The molecule has 0 unspecified atom stereocenters. The molecule has 0 bridgehead atoms. The van der Waals surface area contributed by atoms with Crippen LogP contribution < -0.4 is 5.32 Å². The number of aryl methyl sites for hydroxylation is 1. The number of carbonyl (C=O) groups excluding carboxylic acids is 1. The summed E-state index contributed by atoms with van der Waals surface area (Å²) in [6.45, 7) is 3.71. The summed E-state index contributed by atoms with van der Waals surface area (Å²) in [5.41, 5.74) is 4.21. The van der Waals surface area contributed by atoms with E-state index in [2.05, 4.69) is 46.5 Å². The predicted molar refractivity (Wildman–Crippen MR) is 116 cm³/mol. The Hall–Kier alpha value is -3.21. The highest BCUT2D eigenvalue weighted by Gasteiger charge is 2.25. The van der Waals surface area contributed by atoms with Crippen LogP contribution in [-0.4, -0.2) is 40.9 Å². The van der Waals surface area contributed by atoms with Crippen LogP contribution in [0.2, 0.25) is 0 Å². The largest absolute Gasteiger partial charge is 0.373 e. The van der Waals surface area contributed by atoms with Crippen molar-refractivity contribution in [3.8, 4) is 11.4 Å². The van der Waals surface area contributed by atoms with Crippen LogP contribution in [0.3, 0.4) is 0 Å². The Balaban J connectivity index is 1.49. The highest BCUT2D eigenvalue weighted by Crippen LogP contribution is 2.28. The highest BCUT2D eigenvalue weighted by atomic mass is 16.2. The van der Waals surface area contributed by atoms with Gasteiger partial charge in [-0.15, -0.1) is 0 Å². The molecule has 1 aliphatic rings. The summed E-state index contributed by atoms with van der Waals surface area (Å²) in [7, 11) is 1.83. The second kappa shape index (κ2) is 8.43. The molecule has 2 aromatic carbocycles. The number of anilines is 1. The van der Waals surface area contributed by atoms with Crippen molar-refractivity contribution < 1.29 is 4.79 Å². The molecule has 0 saturated carbocycles. The van der Waals surface area contributed by atoms with Gasteiger partial charge in [0.1, 0.15) is 5.82 Å². The molecule has 1 N–H and O–H groups in total. The van der Waals surface area contributed by atoms with Crippen molar-refractivity contribution in [1.29, 1.82) is 0 Å². The molecule has 2 heterocycles. The molecule has 1 aliphatic heterocycles. The molecule has 1 amide bonds. The lowest BCUT2D eigenvalue weighted by Crippen LogP contribution is -2.39. The maximum Gasteiger partial charge on any atom is 0.253 e. The van der Waals surface area contributed by atoms with Gasteiger partial charge in [0.15, 0.2) is 5.82 Å². The van der Waals surface area contributed by atoms with E-state index >= 15 is 0 Å². The molecular formula is C24H26N4O. The van der Waals surface area contributed by atoms with Crippen LogP contribution in [0.1, 0.15) is 40.2 Å². The van der Waals surface area contributed by atoms with Gasteiger partial charge in [-0.2, -0.15) is 0 Å². The van der Waals surface area contributed by atoms with Crippen LogP contribution in [0.15, 0.2) is 60.8 Å². The average molecular weight is 386 g/mol. The first-order chi connectivity index (χ1) is 14.1. The number of piperidine rings is 1. The number of nitrogens with zero attached hydrogens (tertiary/aromatic N) is 3. The smallest absolute Gasteiger partial charge is 0.253 e. The molecule has 5 nitrogen and oxygen atoms in total. The monoisotopic (exact) mass is 386 g/mol. The fourth-order valence-corrected chi connectivity index (χ4v) is 3.94. The zero-order valence-corrected chi connectivity index (χ0v) is 16.9. The van der Waals surface area contributed by atoms with Gasteiger partial charge in [-0.25, -0.2) is 9.97 Å². The molecule has 3 aromatic rings. The molecular weight excluding hydrogens is 360 g/mol. The second-order valence-electron chi connectivity index (χ2n) is 7.60. The minimum absolute atomic E-state index is 0.0961. The highest BCUT2D eigenvalue weighted by molar-refractivity contribution is 5.94. The summed E-state index contributed by atoms with van der Waals surface area (Å²) in [4.78, 5) is 23.9. The Morgan fingerprint density at radius 3 is 2.72 bits per heavy atom. The van der Waals surface area contributed by atoms with E-state index in [1.54, 1.807) is 6.20 Å². The van der Waals surface area contributed by atoms with Crippen LogP contribution in [0.5, 0.6) is 0 Å². The lowest BCUT2D eigenvalue weighted by molar-refractivity contribution is 0.0707. The second-order valence-corrected chi connectivity index (χ2v) is 7.60. The van der Waals surface area contributed by atoms with Crippen molar-refractivity contribution in [1.82, 2.24) is 14.9 Å². The molecule has 1 atom stereocenters. The van der Waals surface area contributed by atoms with E-state index in [0.29, 0.717) is 17.3 Å². The van der Waals surface area contributed by atoms with E-state index in [1.165, 1.54) is 11.1 Å². The Morgan fingerprint density at radius 2 is 1.97 bits per heavy atom. The zero-order chi connectivity index (χ0) is 20.2. The normalized spacial score (nSPS) is 16.5. The van der Waals surface area contributed by atoms with E-state index in [0.717, 1.165) is 37.3 Å². The van der Waals surface area contributed by atoms with E-state index in [-0.39, 0.29) is 5.91 Å². The van der Waals surface area contributed by atoms with Gasteiger partial charge in [0.05, 0.1) is 0 Å². The van der Waals surface area contributed by atoms with Crippen molar-refractivity contribution in [3.05, 3.63) is 77.5 Å². The molecule has 4 rings (SSSR count). The summed E-state index contributed by atoms with van der Waals surface area (Å²) >= 11 is 0. The fraction of sp³-hybridized carbons (Fsp3) is 0.292. The Bertz CT molecular complexity index is 1000. The standard InChI is InChI=1S/C24H26N4O/c1-17-5-3-6-20(15-17)21-7-4-14-28(16-21)24(29)19-10-8-18(9-11-19)23-26-13-12-22(25-2)27-23/h3,5-6,8-13,15,21H,4,7,14,16H2,1-2H3,(H,25,26,27)/t21-/m0/s1. The molecule has 1 fully saturated rings. The van der Waals surface area contributed by atoms with E-state index in [9.17, 15) is 4.79 Å². The quantitative estimate of drug-likeness (QED) is 0.717. The van der Waals surface area contributed by atoms with Crippen LogP contribution >= 0.6 is 0 Å². The molecule has 0 aliphatic carbocycles. The lowest BCUT2D eigenvalue weighted by Gasteiger charge is -2.33. The van der Waals surface area contributed by atoms with Crippen molar-refractivity contribution in [2.45, 2.75) is 25.7 Å². The summed E-state index contributed by atoms with van der Waals surface area (Å²) in [6.07, 6.45) is 3.89. The number of likely N-dealkylation sites (tertiary alicyclic amines) is 1. The van der Waals surface area contributed by atoms with Crippen LogP contribution in [-0.2, 0) is 0 Å². The van der Waals surface area contributed by atoms with Gasteiger partial charge in [-0.1, -0.05) is 42.0 Å². The SMILES string of the molecule is CNc1ccnc(-c2ccc(C(=O)N3CCC[C@H](c4cccc(C)c4)C3)cc2)n1. The van der Waals surface area contributed by atoms with Crippen molar-refractivity contribution >= 4 is 11.7 Å². The summed E-state index contributed by atoms with van der Waals surface area (Å²) < 4.78 is 0. The Kier molecular flexibility index (Phi) is 5.56. The van der Waals surface area contributed by atoms with Crippen LogP contribution in [0.25, 0.3) is 11.4 Å². The van der Waals surface area contributed by atoms with E-state index in [1.807, 2.05) is 42.3 Å². The Labute approximate surface area is 171 Å². The summed E-state index contributed by atoms with van der Waals surface area (Å²) in [5.74, 6) is 1.92. The molecule has 0 spiro atoms. The number of hydrogen-bond donors (Lipinski definition) is 1. The van der Waals surface area contributed by atoms with E-state index < -0.39 is 0 Å². The molecule has 1 saturated heterocycles. The molecule has 29 heavy (non-hydrogen) atoms. The average Bonchev–Trinajstić information content (AvgIpc) is 2.79. The van der Waals surface area contributed by atoms with Gasteiger partial charge in [0.25, 0.3) is 5.91 Å². The van der Waals surface area contributed by atoms with E-state index in [4.69, 9.17) is 0 Å². The number of nitrogens with one attached hydrogen (secondary N) is 1. The third-order valence-corrected chi connectivity index (χ3v) is 5.52. The molecule has 148 valence electrons. The van der Waals surface area contributed by atoms with Crippen LogP contribution in [0.4, 0.5) is 5.82 Å². The van der Waals surface area contributed by atoms with Gasteiger partial charge < -0.3 is 10.2 Å². The van der Waals surface area contributed by atoms with Gasteiger partial charge in [-0.3, -0.25) is 4.79 Å². The summed E-state index contributed by atoms with van der Waals surface area (Å²) in [6, 6.07) is 18.1. The van der Waals surface area contributed by atoms with Crippen molar-refractivity contribution in [2.24, 2.45) is 0 Å². The third kappa shape index (κ3) is 4.29. The van der Waals surface area contributed by atoms with Gasteiger partial charge in [0, 0.05) is 43.4 Å². The number of amides is 1. The van der Waals surface area contributed by atoms with Gasteiger partial charge in [-0.05, 0) is 43.5 Å². The number of rotatable bonds is 4. The number of benzene rings is 2. The fourth-order valence-electron chi connectivity index (χ4n) is 3.94. The Morgan fingerprint density at radius 1 is 1.14 bits per heavy atom. The van der Waals surface area contributed by atoms with Crippen molar-refractivity contribution in [3.63, 3.8) is 0 Å². The van der Waals surface area contributed by atoms with Crippen molar-refractivity contribution in [2.75, 3.05) is 25.5 Å². The van der Waals surface area contributed by atoms with Gasteiger partial charge in [0.2, 0.25) is 0 Å². The third-order valence-electron chi connectivity index (χ3n) is 5.52. The number of hydrogen-bond acceptors (Lipinski definition) is 4. The predicted octanol–water partition coefficient (Wildman–Crippen LogP) is 4.51. The van der Waals surface area contributed by atoms with Gasteiger partial charge >= 0.3 is 0 Å². The maximum atomic E-state index is 13.1. The topological polar surface area (TPSA) is 58.1 Å². The summed E-state index contributed by atoms with van der Waals surface area (Å²) in [5, 5.41) is 3.02. The van der Waals surface area contributed by atoms with Crippen LogP contribution in [0, 0.1) is 6.92 Å². The minimum atomic E-state index is 0.0961. The molecule has 5 heteroatoms. The maximum absolute atomic E-state index is 13.1. The molecule has 1 aromatic heterocycles. The first kappa shape index (κ1) is 19.1.